The maximum absolute atomic E-state index is 13.3. The molecule has 4 bridgehead atoms. The summed E-state index contributed by atoms with van der Waals surface area (Å²) in [5.74, 6) is 2.51. The van der Waals surface area contributed by atoms with E-state index in [0.717, 1.165) is 28.8 Å². The molecule has 7 rings (SSSR count). The first-order valence-corrected chi connectivity index (χ1v) is 12.5. The average Bonchev–Trinajstić information content (AvgIpc) is 3.30. The number of pyridine rings is 1. The highest BCUT2D eigenvalue weighted by molar-refractivity contribution is 6.02. The molecule has 34 heavy (non-hydrogen) atoms. The first kappa shape index (κ1) is 21.6. The molecule has 4 fully saturated rings. The monoisotopic (exact) mass is 460 g/mol. The number of rotatable bonds is 7. The second-order valence-electron chi connectivity index (χ2n) is 11.0. The molecule has 3 N–H and O–H groups in total. The van der Waals surface area contributed by atoms with Crippen LogP contribution >= 0.6 is 0 Å². The van der Waals surface area contributed by atoms with Gasteiger partial charge in [-0.05, 0) is 79.9 Å². The van der Waals surface area contributed by atoms with E-state index in [2.05, 4.69) is 15.3 Å². The van der Waals surface area contributed by atoms with Gasteiger partial charge in [0.05, 0.1) is 24.7 Å². The molecular formula is C27H32N4O3. The average molecular weight is 461 g/mol. The second kappa shape index (κ2) is 8.38. The summed E-state index contributed by atoms with van der Waals surface area (Å²) in [6.07, 6.45) is 13.8. The molecule has 3 aromatic rings. The van der Waals surface area contributed by atoms with E-state index in [1.165, 1.54) is 38.5 Å². The molecule has 0 aliphatic heterocycles. The number of H-pyrrole nitrogens is 1. The fourth-order valence-corrected chi connectivity index (χ4v) is 7.63. The van der Waals surface area contributed by atoms with Gasteiger partial charge in [-0.1, -0.05) is 6.07 Å². The molecule has 1 aromatic carbocycles. The van der Waals surface area contributed by atoms with Crippen LogP contribution in [0.2, 0.25) is 0 Å². The Hall–Kier alpha value is -2.93. The van der Waals surface area contributed by atoms with Crippen LogP contribution in [0, 0.1) is 23.2 Å². The number of benzene rings is 1. The van der Waals surface area contributed by atoms with Crippen LogP contribution in [-0.4, -0.2) is 32.2 Å². The van der Waals surface area contributed by atoms with Gasteiger partial charge in [-0.3, -0.25) is 9.59 Å². The minimum atomic E-state index is -0.408. The minimum Gasteiger partial charge on any atom is -0.394 e. The molecule has 1 amide bonds. The van der Waals surface area contributed by atoms with Gasteiger partial charge in [0.15, 0.2) is 0 Å². The molecule has 0 saturated heterocycles. The normalized spacial score (nSPS) is 28.3. The van der Waals surface area contributed by atoms with Crippen LogP contribution < -0.4 is 10.9 Å². The number of amides is 1. The van der Waals surface area contributed by atoms with Gasteiger partial charge in [0.1, 0.15) is 0 Å². The highest BCUT2D eigenvalue weighted by atomic mass is 16.3. The van der Waals surface area contributed by atoms with Crippen LogP contribution in [0.3, 0.4) is 0 Å². The van der Waals surface area contributed by atoms with Gasteiger partial charge in [-0.2, -0.15) is 0 Å². The molecule has 2 aromatic heterocycles. The number of hydrogen-bond acceptors (Lipinski definition) is 4. The topological polar surface area (TPSA) is 100 Å². The number of nitrogens with zero attached hydrogens (tertiary/aromatic N) is 2. The highest BCUT2D eigenvalue weighted by Gasteiger charge is 2.51. The van der Waals surface area contributed by atoms with Crippen molar-refractivity contribution in [2.24, 2.45) is 23.2 Å². The Morgan fingerprint density at radius 2 is 1.88 bits per heavy atom. The van der Waals surface area contributed by atoms with Gasteiger partial charge >= 0.3 is 0 Å². The third kappa shape index (κ3) is 3.86. The van der Waals surface area contributed by atoms with Crippen LogP contribution in [-0.2, 0) is 11.2 Å². The Morgan fingerprint density at radius 1 is 1.15 bits per heavy atom. The van der Waals surface area contributed by atoms with Gasteiger partial charge in [0.2, 0.25) is 5.91 Å². The van der Waals surface area contributed by atoms with Gasteiger partial charge in [0, 0.05) is 41.7 Å². The SMILES string of the molecule is O=C(CC12CC3CC(CC(C3)C1)C2)Nc1cccc2c(=O)n([C@@H](CO)Cc3c[nH]cn3)ccc12. The summed E-state index contributed by atoms with van der Waals surface area (Å²) in [6, 6.07) is 6.93. The van der Waals surface area contributed by atoms with E-state index in [4.69, 9.17) is 0 Å². The van der Waals surface area contributed by atoms with E-state index in [9.17, 15) is 14.7 Å². The molecular weight excluding hydrogens is 428 g/mol. The van der Waals surface area contributed by atoms with Crippen molar-refractivity contribution in [3.63, 3.8) is 0 Å². The van der Waals surface area contributed by atoms with Gasteiger partial charge < -0.3 is 20.0 Å². The lowest BCUT2D eigenvalue weighted by atomic mass is 9.49. The summed E-state index contributed by atoms with van der Waals surface area (Å²) < 4.78 is 1.57. The zero-order chi connectivity index (χ0) is 23.3. The van der Waals surface area contributed by atoms with Crippen molar-refractivity contribution in [3.8, 4) is 0 Å². The van der Waals surface area contributed by atoms with E-state index in [0.29, 0.717) is 23.9 Å². The van der Waals surface area contributed by atoms with E-state index in [1.54, 1.807) is 29.4 Å². The first-order chi connectivity index (χ1) is 16.5. The zero-order valence-corrected chi connectivity index (χ0v) is 19.4. The number of aliphatic hydroxyl groups is 1. The van der Waals surface area contributed by atoms with Crippen molar-refractivity contribution >= 4 is 22.4 Å². The Morgan fingerprint density at radius 3 is 2.53 bits per heavy atom. The highest BCUT2D eigenvalue weighted by Crippen LogP contribution is 2.61. The van der Waals surface area contributed by atoms with Crippen molar-refractivity contribution in [3.05, 3.63) is 59.0 Å². The molecule has 4 saturated carbocycles. The molecule has 7 heteroatoms. The van der Waals surface area contributed by atoms with E-state index < -0.39 is 6.04 Å². The van der Waals surface area contributed by atoms with Crippen molar-refractivity contribution < 1.29 is 9.90 Å². The predicted octanol–water partition coefficient (Wildman–Crippen LogP) is 4.05. The maximum Gasteiger partial charge on any atom is 0.258 e. The number of hydrogen-bond donors (Lipinski definition) is 3. The lowest BCUT2D eigenvalue weighted by Crippen LogP contribution is -2.47. The van der Waals surface area contributed by atoms with Crippen molar-refractivity contribution in [2.45, 2.75) is 57.4 Å². The molecule has 4 aliphatic carbocycles. The van der Waals surface area contributed by atoms with E-state index in [-0.39, 0.29) is 23.5 Å². The first-order valence-electron chi connectivity index (χ1n) is 12.5. The zero-order valence-electron chi connectivity index (χ0n) is 19.4. The largest absolute Gasteiger partial charge is 0.394 e. The number of aromatic amines is 1. The van der Waals surface area contributed by atoms with Gasteiger partial charge in [0.25, 0.3) is 5.56 Å². The Bertz CT molecular complexity index is 1230. The van der Waals surface area contributed by atoms with E-state index >= 15 is 0 Å². The lowest BCUT2D eigenvalue weighted by molar-refractivity contribution is -0.124. The number of anilines is 1. The molecule has 1 atom stereocenters. The molecule has 0 radical (unpaired) electrons. The summed E-state index contributed by atoms with van der Waals surface area (Å²) in [4.78, 5) is 33.6. The summed E-state index contributed by atoms with van der Waals surface area (Å²) >= 11 is 0. The summed E-state index contributed by atoms with van der Waals surface area (Å²) in [5.41, 5.74) is 1.47. The number of aromatic nitrogens is 3. The molecule has 2 heterocycles. The minimum absolute atomic E-state index is 0.0606. The maximum atomic E-state index is 13.3. The van der Waals surface area contributed by atoms with Crippen molar-refractivity contribution in [2.75, 3.05) is 11.9 Å². The lowest BCUT2D eigenvalue weighted by Gasteiger charge is -2.56. The Balaban J connectivity index is 1.23. The number of carbonyl (C=O) groups excluding carboxylic acids is 1. The van der Waals surface area contributed by atoms with E-state index in [1.807, 2.05) is 18.2 Å². The van der Waals surface area contributed by atoms with Crippen molar-refractivity contribution in [1.82, 2.24) is 14.5 Å². The summed E-state index contributed by atoms with van der Waals surface area (Å²) in [6.45, 7) is -0.167. The van der Waals surface area contributed by atoms with Gasteiger partial charge in [-0.25, -0.2) is 4.98 Å². The molecule has 4 aliphatic rings. The third-order valence-electron chi connectivity index (χ3n) is 8.55. The van der Waals surface area contributed by atoms with Crippen LogP contribution in [0.5, 0.6) is 0 Å². The number of nitrogens with one attached hydrogen (secondary N) is 2. The van der Waals surface area contributed by atoms with Crippen LogP contribution in [0.25, 0.3) is 10.8 Å². The fourth-order valence-electron chi connectivity index (χ4n) is 7.63. The number of imidazole rings is 1. The number of carbonyl (C=O) groups is 1. The van der Waals surface area contributed by atoms with Gasteiger partial charge in [-0.15, -0.1) is 0 Å². The smallest absolute Gasteiger partial charge is 0.258 e. The molecule has 0 unspecified atom stereocenters. The fraction of sp³-hybridized carbons (Fsp3) is 0.519. The van der Waals surface area contributed by atoms with Crippen LogP contribution in [0.4, 0.5) is 5.69 Å². The van der Waals surface area contributed by atoms with Crippen molar-refractivity contribution in [1.29, 1.82) is 0 Å². The van der Waals surface area contributed by atoms with Crippen LogP contribution in [0.1, 0.15) is 56.7 Å². The summed E-state index contributed by atoms with van der Waals surface area (Å²) in [5, 5.41) is 14.4. The second-order valence-corrected chi connectivity index (χ2v) is 11.0. The van der Waals surface area contributed by atoms with Crippen LogP contribution in [0.15, 0.2) is 47.8 Å². The molecule has 178 valence electrons. The third-order valence-corrected chi connectivity index (χ3v) is 8.55. The number of aliphatic hydroxyl groups excluding tert-OH is 1. The Kier molecular flexibility index (Phi) is 5.32. The molecule has 7 nitrogen and oxygen atoms in total. The standard InChI is InChI=1S/C27H32N4O3/c32-15-21(9-20-14-28-16-29-20)31-5-4-22-23(26(31)34)2-1-3-24(22)30-25(33)13-27-10-17-6-18(11-27)8-19(7-17)12-27/h1-5,14,16-19,21,32H,6-13,15H2,(H,28,29)(H,30,33)/t17?,18?,19?,21-,27?/m1/s1. The predicted molar refractivity (Wildman–Crippen MR) is 130 cm³/mol. The number of fused-ring (bicyclic) bond motifs is 1. The summed E-state index contributed by atoms with van der Waals surface area (Å²) in [7, 11) is 0. The molecule has 0 spiro atoms. The Labute approximate surface area is 198 Å². The quantitative estimate of drug-likeness (QED) is 0.495.